The van der Waals surface area contributed by atoms with Gasteiger partial charge in [0.1, 0.15) is 19.3 Å². The first kappa shape index (κ1) is 20.5. The molecule has 7 nitrogen and oxygen atoms in total. The molecule has 0 unspecified atom stereocenters. The second-order valence-corrected chi connectivity index (χ2v) is 8.56. The maximum Gasteiger partial charge on any atom is 0.241 e. The van der Waals surface area contributed by atoms with E-state index in [0.29, 0.717) is 24.7 Å². The molecule has 26 heavy (non-hydrogen) atoms. The standard InChI is InChI=1S/C18H28N2O5S/c1-5-6-13(4)19-18(21)17(12(2)3)20-26(22,23)14-7-8-15-16(11-14)25-10-9-24-15/h7-8,11-13,17,20H,5-6,9-10H2,1-4H3,(H,19,21)/t13-,17+/m1/s1. The van der Waals surface area contributed by atoms with Crippen molar-refractivity contribution in [2.75, 3.05) is 13.2 Å². The second kappa shape index (κ2) is 8.73. The maximum atomic E-state index is 12.8. The molecule has 0 fully saturated rings. The molecule has 1 aliphatic rings. The number of ether oxygens (including phenoxy) is 2. The van der Waals surface area contributed by atoms with Crippen molar-refractivity contribution < 1.29 is 22.7 Å². The summed E-state index contributed by atoms with van der Waals surface area (Å²) in [5, 5.41) is 2.88. The van der Waals surface area contributed by atoms with Gasteiger partial charge in [-0.1, -0.05) is 27.2 Å². The highest BCUT2D eigenvalue weighted by Crippen LogP contribution is 2.32. The smallest absolute Gasteiger partial charge is 0.241 e. The summed E-state index contributed by atoms with van der Waals surface area (Å²) in [6.07, 6.45) is 1.78. The number of rotatable bonds is 8. The molecule has 1 heterocycles. The zero-order valence-corrected chi connectivity index (χ0v) is 16.6. The number of amides is 1. The SMILES string of the molecule is CCC[C@@H](C)NC(=O)[C@@H](NS(=O)(=O)c1ccc2c(c1)OCCO2)C(C)C. The molecule has 0 saturated carbocycles. The highest BCUT2D eigenvalue weighted by molar-refractivity contribution is 7.89. The van der Waals surface area contributed by atoms with Crippen LogP contribution in [0.1, 0.15) is 40.5 Å². The third-order valence-corrected chi connectivity index (χ3v) is 5.60. The molecule has 0 aliphatic carbocycles. The van der Waals surface area contributed by atoms with Gasteiger partial charge in [0.2, 0.25) is 15.9 Å². The van der Waals surface area contributed by atoms with Gasteiger partial charge in [-0.3, -0.25) is 4.79 Å². The number of benzene rings is 1. The Kier molecular flexibility index (Phi) is 6.88. The molecule has 2 N–H and O–H groups in total. The van der Waals surface area contributed by atoms with Crippen LogP contribution in [0.5, 0.6) is 11.5 Å². The fourth-order valence-corrected chi connectivity index (χ4v) is 4.12. The third kappa shape index (κ3) is 5.11. The van der Waals surface area contributed by atoms with E-state index in [2.05, 4.69) is 10.0 Å². The second-order valence-electron chi connectivity index (χ2n) is 6.85. The molecular weight excluding hydrogens is 356 g/mol. The Morgan fingerprint density at radius 2 is 1.81 bits per heavy atom. The lowest BCUT2D eigenvalue weighted by Gasteiger charge is -2.24. The summed E-state index contributed by atoms with van der Waals surface area (Å²) in [6, 6.07) is 3.58. The monoisotopic (exact) mass is 384 g/mol. The Balaban J connectivity index is 2.17. The number of carbonyl (C=O) groups excluding carboxylic acids is 1. The fraction of sp³-hybridized carbons (Fsp3) is 0.611. The molecule has 1 amide bonds. The summed E-state index contributed by atoms with van der Waals surface area (Å²) in [5.41, 5.74) is 0. The molecule has 0 spiro atoms. The van der Waals surface area contributed by atoms with E-state index in [4.69, 9.17) is 9.47 Å². The summed E-state index contributed by atoms with van der Waals surface area (Å²) in [6.45, 7) is 8.36. The van der Waals surface area contributed by atoms with Crippen LogP contribution in [0, 0.1) is 5.92 Å². The highest BCUT2D eigenvalue weighted by atomic mass is 32.2. The van der Waals surface area contributed by atoms with Crippen molar-refractivity contribution >= 4 is 15.9 Å². The van der Waals surface area contributed by atoms with Crippen LogP contribution < -0.4 is 19.5 Å². The Labute approximate surface area is 155 Å². The van der Waals surface area contributed by atoms with Crippen molar-refractivity contribution in [3.63, 3.8) is 0 Å². The number of fused-ring (bicyclic) bond motifs is 1. The minimum atomic E-state index is -3.88. The number of sulfonamides is 1. The van der Waals surface area contributed by atoms with Gasteiger partial charge in [-0.05, 0) is 31.4 Å². The Morgan fingerprint density at radius 1 is 1.15 bits per heavy atom. The summed E-state index contributed by atoms with van der Waals surface area (Å²) < 4.78 is 38.9. The van der Waals surface area contributed by atoms with Gasteiger partial charge in [0.15, 0.2) is 11.5 Å². The molecule has 8 heteroatoms. The molecular formula is C18H28N2O5S. The average Bonchev–Trinajstić information content (AvgIpc) is 2.59. The van der Waals surface area contributed by atoms with Crippen molar-refractivity contribution in [2.45, 2.75) is 57.5 Å². The lowest BCUT2D eigenvalue weighted by Crippen LogP contribution is -2.51. The van der Waals surface area contributed by atoms with E-state index in [1.54, 1.807) is 19.9 Å². The van der Waals surface area contributed by atoms with E-state index < -0.39 is 16.1 Å². The van der Waals surface area contributed by atoms with Gasteiger partial charge in [-0.25, -0.2) is 8.42 Å². The number of hydrogen-bond acceptors (Lipinski definition) is 5. The molecule has 0 radical (unpaired) electrons. The fourth-order valence-electron chi connectivity index (χ4n) is 2.76. The Hall–Kier alpha value is -1.80. The highest BCUT2D eigenvalue weighted by Gasteiger charge is 2.29. The molecule has 0 bridgehead atoms. The molecule has 1 aromatic carbocycles. The van der Waals surface area contributed by atoms with Crippen LogP contribution in [0.3, 0.4) is 0 Å². The van der Waals surface area contributed by atoms with E-state index in [0.717, 1.165) is 12.8 Å². The van der Waals surface area contributed by atoms with E-state index in [1.807, 2.05) is 13.8 Å². The normalized spacial score (nSPS) is 16.2. The minimum Gasteiger partial charge on any atom is -0.486 e. The predicted molar refractivity (Wildman–Crippen MR) is 98.9 cm³/mol. The zero-order chi connectivity index (χ0) is 19.3. The Bertz CT molecular complexity index is 733. The summed E-state index contributed by atoms with van der Waals surface area (Å²) in [7, 11) is -3.88. The number of hydrogen-bond donors (Lipinski definition) is 2. The van der Waals surface area contributed by atoms with Crippen LogP contribution in [-0.2, 0) is 14.8 Å². The zero-order valence-electron chi connectivity index (χ0n) is 15.7. The first-order valence-corrected chi connectivity index (χ1v) is 10.4. The molecule has 0 aromatic heterocycles. The van der Waals surface area contributed by atoms with Crippen molar-refractivity contribution in [3.05, 3.63) is 18.2 Å². The van der Waals surface area contributed by atoms with Crippen LogP contribution in [0.15, 0.2) is 23.1 Å². The van der Waals surface area contributed by atoms with E-state index >= 15 is 0 Å². The summed E-state index contributed by atoms with van der Waals surface area (Å²) >= 11 is 0. The quantitative estimate of drug-likeness (QED) is 0.716. The van der Waals surface area contributed by atoms with Crippen LogP contribution in [0.4, 0.5) is 0 Å². The average molecular weight is 384 g/mol. The molecule has 1 aliphatic heterocycles. The maximum absolute atomic E-state index is 12.8. The molecule has 2 atom stereocenters. The van der Waals surface area contributed by atoms with Gasteiger partial charge in [-0.2, -0.15) is 4.72 Å². The number of nitrogens with one attached hydrogen (secondary N) is 2. The van der Waals surface area contributed by atoms with Gasteiger partial charge >= 0.3 is 0 Å². The molecule has 2 rings (SSSR count). The minimum absolute atomic E-state index is 0.00690. The van der Waals surface area contributed by atoms with Crippen LogP contribution in [0.25, 0.3) is 0 Å². The predicted octanol–water partition coefficient (Wildman–Crippen LogP) is 2.07. The van der Waals surface area contributed by atoms with Crippen molar-refractivity contribution in [1.29, 1.82) is 0 Å². The van der Waals surface area contributed by atoms with Crippen LogP contribution >= 0.6 is 0 Å². The largest absolute Gasteiger partial charge is 0.486 e. The molecule has 1 aromatic rings. The van der Waals surface area contributed by atoms with Crippen molar-refractivity contribution in [2.24, 2.45) is 5.92 Å². The first-order valence-electron chi connectivity index (χ1n) is 8.97. The topological polar surface area (TPSA) is 93.7 Å². The Morgan fingerprint density at radius 3 is 2.42 bits per heavy atom. The van der Waals surface area contributed by atoms with Gasteiger partial charge < -0.3 is 14.8 Å². The van der Waals surface area contributed by atoms with Crippen molar-refractivity contribution in [1.82, 2.24) is 10.0 Å². The van der Waals surface area contributed by atoms with Crippen molar-refractivity contribution in [3.8, 4) is 11.5 Å². The number of carbonyl (C=O) groups is 1. The van der Waals surface area contributed by atoms with E-state index in [9.17, 15) is 13.2 Å². The lowest BCUT2D eigenvalue weighted by atomic mass is 10.0. The summed E-state index contributed by atoms with van der Waals surface area (Å²) in [5.74, 6) is 0.390. The third-order valence-electron chi connectivity index (χ3n) is 4.17. The molecule has 0 saturated heterocycles. The first-order chi connectivity index (χ1) is 12.2. The van der Waals surface area contributed by atoms with Crippen LogP contribution in [0.2, 0.25) is 0 Å². The van der Waals surface area contributed by atoms with Crippen LogP contribution in [-0.4, -0.2) is 39.6 Å². The van der Waals surface area contributed by atoms with E-state index in [-0.39, 0.29) is 22.8 Å². The van der Waals surface area contributed by atoms with Gasteiger partial charge in [0.05, 0.1) is 4.90 Å². The van der Waals surface area contributed by atoms with E-state index in [1.165, 1.54) is 12.1 Å². The molecule has 146 valence electrons. The lowest BCUT2D eigenvalue weighted by molar-refractivity contribution is -0.124. The van der Waals surface area contributed by atoms with Gasteiger partial charge in [-0.15, -0.1) is 0 Å². The van der Waals surface area contributed by atoms with Gasteiger partial charge in [0, 0.05) is 12.1 Å². The van der Waals surface area contributed by atoms with Gasteiger partial charge in [0.25, 0.3) is 0 Å². The summed E-state index contributed by atoms with van der Waals surface area (Å²) in [4.78, 5) is 12.6.